The van der Waals surface area contributed by atoms with Gasteiger partial charge in [0.05, 0.1) is 16.1 Å². The maximum atomic E-state index is 12.3. The third-order valence-corrected chi connectivity index (χ3v) is 8.86. The Morgan fingerprint density at radius 3 is 2.33 bits per heavy atom. The topological polar surface area (TPSA) is 54.4 Å². The van der Waals surface area contributed by atoms with Crippen LogP contribution in [-0.4, -0.2) is 24.0 Å². The van der Waals surface area contributed by atoms with Gasteiger partial charge in [0.15, 0.2) is 9.84 Å². The number of aliphatic hydroxyl groups is 1. The fraction of sp³-hybridized carbons (Fsp3) is 0.400. The van der Waals surface area contributed by atoms with E-state index in [1.165, 1.54) is 22.3 Å². The van der Waals surface area contributed by atoms with E-state index < -0.39 is 15.4 Å². The summed E-state index contributed by atoms with van der Waals surface area (Å²) < 4.78 is 24.6. The van der Waals surface area contributed by atoms with Crippen molar-refractivity contribution in [1.29, 1.82) is 0 Å². The minimum absolute atomic E-state index is 0.345. The Morgan fingerprint density at radius 1 is 0.917 bits per heavy atom. The van der Waals surface area contributed by atoms with Gasteiger partial charge >= 0.3 is 0 Å². The molecule has 124 valence electrons. The first-order valence-electron chi connectivity index (χ1n) is 8.64. The summed E-state index contributed by atoms with van der Waals surface area (Å²) in [4.78, 5) is 0. The molecule has 2 saturated heterocycles. The van der Waals surface area contributed by atoms with E-state index in [2.05, 4.69) is 36.4 Å². The standard InChI is InChI=1S/C20H20O3S/c21-20(11-16-6-7-17(12-20)24(16,22)23)15-5-8-19-14(10-15)9-13-3-1-2-4-18(13)19/h1-5,8,10,16-17,21H,6-7,9,11-12H2. The molecule has 0 spiro atoms. The van der Waals surface area contributed by atoms with Crippen LogP contribution in [0.4, 0.5) is 0 Å². The summed E-state index contributed by atoms with van der Waals surface area (Å²) in [5.41, 5.74) is 4.97. The van der Waals surface area contributed by atoms with Crippen LogP contribution in [0.2, 0.25) is 0 Å². The quantitative estimate of drug-likeness (QED) is 0.740. The number of benzene rings is 2. The summed E-state index contributed by atoms with van der Waals surface area (Å²) in [6.45, 7) is 0. The Bertz CT molecular complexity index is 925. The lowest BCUT2D eigenvalue weighted by atomic mass is 9.84. The van der Waals surface area contributed by atoms with Gasteiger partial charge in [-0.05, 0) is 59.9 Å². The maximum Gasteiger partial charge on any atom is 0.156 e. The van der Waals surface area contributed by atoms with E-state index in [0.29, 0.717) is 25.7 Å². The first-order valence-corrected chi connectivity index (χ1v) is 10.3. The highest BCUT2D eigenvalue weighted by molar-refractivity contribution is 7.93. The number of fused-ring (bicyclic) bond motifs is 5. The molecule has 1 aliphatic carbocycles. The molecule has 0 saturated carbocycles. The summed E-state index contributed by atoms with van der Waals surface area (Å²) in [5, 5.41) is 10.5. The number of rotatable bonds is 1. The van der Waals surface area contributed by atoms with Gasteiger partial charge in [-0.1, -0.05) is 42.5 Å². The van der Waals surface area contributed by atoms with Gasteiger partial charge in [-0.15, -0.1) is 0 Å². The second kappa shape index (κ2) is 4.70. The van der Waals surface area contributed by atoms with Gasteiger partial charge in [0, 0.05) is 0 Å². The van der Waals surface area contributed by atoms with Crippen molar-refractivity contribution in [2.45, 2.75) is 48.2 Å². The molecule has 2 atom stereocenters. The third kappa shape index (κ3) is 1.90. The molecule has 0 aromatic heterocycles. The Balaban J connectivity index is 1.54. The summed E-state index contributed by atoms with van der Waals surface area (Å²) in [6, 6.07) is 14.6. The molecular formula is C20H20O3S. The second-order valence-electron chi connectivity index (χ2n) is 7.56. The van der Waals surface area contributed by atoms with E-state index in [4.69, 9.17) is 0 Å². The molecule has 24 heavy (non-hydrogen) atoms. The average Bonchev–Trinajstić information content (AvgIpc) is 2.97. The Kier molecular flexibility index (Phi) is 2.88. The van der Waals surface area contributed by atoms with Gasteiger partial charge < -0.3 is 5.11 Å². The zero-order valence-corrected chi connectivity index (χ0v) is 14.2. The summed E-state index contributed by atoms with van der Waals surface area (Å²) >= 11 is 0. The highest BCUT2D eigenvalue weighted by atomic mass is 32.2. The van der Waals surface area contributed by atoms with E-state index in [-0.39, 0.29) is 10.5 Å². The molecule has 2 bridgehead atoms. The molecule has 3 nitrogen and oxygen atoms in total. The molecule has 2 aromatic carbocycles. The molecule has 2 fully saturated rings. The fourth-order valence-corrected chi connectivity index (χ4v) is 7.41. The highest BCUT2D eigenvalue weighted by Gasteiger charge is 2.53. The first-order chi connectivity index (χ1) is 11.5. The van der Waals surface area contributed by atoms with Gasteiger partial charge in [-0.3, -0.25) is 0 Å². The van der Waals surface area contributed by atoms with Crippen LogP contribution < -0.4 is 0 Å². The molecular weight excluding hydrogens is 320 g/mol. The van der Waals surface area contributed by atoms with Gasteiger partial charge in [0.1, 0.15) is 0 Å². The van der Waals surface area contributed by atoms with E-state index in [0.717, 1.165) is 12.0 Å². The van der Waals surface area contributed by atoms with Gasteiger partial charge in [0.25, 0.3) is 0 Å². The van der Waals surface area contributed by atoms with E-state index >= 15 is 0 Å². The first kappa shape index (κ1) is 14.7. The van der Waals surface area contributed by atoms with E-state index in [1.54, 1.807) is 0 Å². The third-order valence-electron chi connectivity index (χ3n) is 6.20. The van der Waals surface area contributed by atoms with Gasteiger partial charge in [-0.2, -0.15) is 0 Å². The van der Waals surface area contributed by atoms with Gasteiger partial charge in [0.2, 0.25) is 0 Å². The molecule has 0 amide bonds. The fourth-order valence-electron chi connectivity index (χ4n) is 4.92. The number of sulfone groups is 1. The van der Waals surface area contributed by atoms with Crippen LogP contribution in [0.25, 0.3) is 11.1 Å². The van der Waals surface area contributed by atoms with Crippen molar-refractivity contribution in [1.82, 2.24) is 0 Å². The van der Waals surface area contributed by atoms with Crippen LogP contribution in [0.15, 0.2) is 42.5 Å². The molecule has 2 heterocycles. The van der Waals surface area contributed by atoms with Crippen LogP contribution >= 0.6 is 0 Å². The van der Waals surface area contributed by atoms with Crippen molar-refractivity contribution in [3.8, 4) is 11.1 Å². The molecule has 5 rings (SSSR count). The van der Waals surface area contributed by atoms with Crippen LogP contribution in [0.5, 0.6) is 0 Å². The predicted molar refractivity (Wildman–Crippen MR) is 93.5 cm³/mol. The molecule has 0 radical (unpaired) electrons. The Morgan fingerprint density at radius 2 is 1.58 bits per heavy atom. The van der Waals surface area contributed by atoms with Crippen molar-refractivity contribution in [2.24, 2.45) is 0 Å². The molecule has 2 aliphatic heterocycles. The lowest BCUT2D eigenvalue weighted by Gasteiger charge is -2.36. The minimum Gasteiger partial charge on any atom is -0.385 e. The number of hydrogen-bond acceptors (Lipinski definition) is 3. The lowest BCUT2D eigenvalue weighted by Crippen LogP contribution is -2.43. The Labute approximate surface area is 142 Å². The Hall–Kier alpha value is -1.65. The van der Waals surface area contributed by atoms with Crippen molar-refractivity contribution in [2.75, 3.05) is 0 Å². The second-order valence-corrected chi connectivity index (χ2v) is 10.1. The van der Waals surface area contributed by atoms with Crippen molar-refractivity contribution >= 4 is 9.84 Å². The summed E-state index contributed by atoms with van der Waals surface area (Å²) in [6.07, 6.45) is 2.98. The molecule has 4 heteroatoms. The summed E-state index contributed by atoms with van der Waals surface area (Å²) in [5.74, 6) is 0. The summed E-state index contributed by atoms with van der Waals surface area (Å²) in [7, 11) is -3.02. The van der Waals surface area contributed by atoms with Crippen LogP contribution in [-0.2, 0) is 21.9 Å². The molecule has 2 unspecified atom stereocenters. The largest absolute Gasteiger partial charge is 0.385 e. The van der Waals surface area contributed by atoms with E-state index in [9.17, 15) is 13.5 Å². The molecule has 3 aliphatic rings. The zero-order chi connectivity index (χ0) is 16.5. The molecule has 1 N–H and O–H groups in total. The maximum absolute atomic E-state index is 12.3. The monoisotopic (exact) mass is 340 g/mol. The smallest absolute Gasteiger partial charge is 0.156 e. The van der Waals surface area contributed by atoms with Crippen molar-refractivity contribution in [3.05, 3.63) is 59.2 Å². The van der Waals surface area contributed by atoms with E-state index in [1.807, 2.05) is 6.07 Å². The SMILES string of the molecule is O=S1(=O)C2CCC1CC(O)(c1ccc3c(c1)Cc1ccccc1-3)C2. The van der Waals surface area contributed by atoms with Crippen LogP contribution in [0, 0.1) is 0 Å². The van der Waals surface area contributed by atoms with Crippen LogP contribution in [0.3, 0.4) is 0 Å². The van der Waals surface area contributed by atoms with Crippen LogP contribution in [0.1, 0.15) is 42.4 Å². The van der Waals surface area contributed by atoms with Crippen molar-refractivity contribution < 1.29 is 13.5 Å². The number of hydrogen-bond donors (Lipinski definition) is 1. The van der Waals surface area contributed by atoms with Gasteiger partial charge in [-0.25, -0.2) is 8.42 Å². The average molecular weight is 340 g/mol. The predicted octanol–water partition coefficient (Wildman–Crippen LogP) is 3.19. The highest BCUT2D eigenvalue weighted by Crippen LogP contribution is 2.48. The normalized spacial score (nSPS) is 32.4. The molecule has 2 aromatic rings. The minimum atomic E-state index is -3.02. The zero-order valence-electron chi connectivity index (χ0n) is 13.4. The van der Waals surface area contributed by atoms with Crippen molar-refractivity contribution in [3.63, 3.8) is 0 Å². The lowest BCUT2D eigenvalue weighted by molar-refractivity contribution is 0.0173.